The molecule has 9 heteroatoms. The van der Waals surface area contributed by atoms with E-state index in [1.807, 2.05) is 6.92 Å². The molecule has 0 saturated carbocycles. The van der Waals surface area contributed by atoms with Gasteiger partial charge in [-0.3, -0.25) is 4.79 Å². The predicted octanol–water partition coefficient (Wildman–Crippen LogP) is 2.77. The summed E-state index contributed by atoms with van der Waals surface area (Å²) < 4.78 is 41.8. The van der Waals surface area contributed by atoms with Crippen LogP contribution in [0.2, 0.25) is 0 Å². The largest absolute Gasteiger partial charge is 0.433 e. The summed E-state index contributed by atoms with van der Waals surface area (Å²) in [6, 6.07) is 7.98. The summed E-state index contributed by atoms with van der Waals surface area (Å²) in [5.74, 6) is -0.480. The highest BCUT2D eigenvalue weighted by atomic mass is 19.4. The van der Waals surface area contributed by atoms with Gasteiger partial charge in [0.2, 0.25) is 0 Å². The Morgan fingerprint density at radius 1 is 1.16 bits per heavy atom. The highest BCUT2D eigenvalue weighted by Gasteiger charge is 2.36. The van der Waals surface area contributed by atoms with E-state index in [1.165, 1.54) is 4.90 Å². The summed E-state index contributed by atoms with van der Waals surface area (Å²) in [6.45, 7) is 9.45. The highest BCUT2D eigenvalue weighted by Crippen LogP contribution is 2.32. The third kappa shape index (κ3) is 5.22. The zero-order valence-corrected chi connectivity index (χ0v) is 17.9. The second-order valence-corrected chi connectivity index (χ2v) is 7.50. The maximum atomic E-state index is 13.7. The van der Waals surface area contributed by atoms with Gasteiger partial charge in [0.25, 0.3) is 5.91 Å². The van der Waals surface area contributed by atoms with Crippen LogP contribution in [0.3, 0.4) is 0 Å². The van der Waals surface area contributed by atoms with Gasteiger partial charge in [-0.15, -0.1) is 0 Å². The van der Waals surface area contributed by atoms with E-state index in [9.17, 15) is 18.0 Å². The number of benzene rings is 1. The van der Waals surface area contributed by atoms with Crippen LogP contribution in [-0.4, -0.2) is 46.7 Å². The first-order valence-electron chi connectivity index (χ1n) is 10.4. The van der Waals surface area contributed by atoms with E-state index < -0.39 is 17.8 Å². The Labute approximate surface area is 179 Å². The lowest BCUT2D eigenvalue weighted by atomic mass is 10.1. The molecule has 2 heterocycles. The van der Waals surface area contributed by atoms with Crippen LogP contribution in [0.4, 0.5) is 13.2 Å². The van der Waals surface area contributed by atoms with Crippen molar-refractivity contribution in [2.45, 2.75) is 33.4 Å². The molecule has 31 heavy (non-hydrogen) atoms. The number of fused-ring (bicyclic) bond motifs is 1. The Kier molecular flexibility index (Phi) is 6.94. The number of hydrogen-bond donors (Lipinski definition) is 2. The lowest BCUT2D eigenvalue weighted by Crippen LogP contribution is -3.11. The van der Waals surface area contributed by atoms with Crippen molar-refractivity contribution in [3.05, 3.63) is 53.3 Å². The van der Waals surface area contributed by atoms with Gasteiger partial charge in [0.15, 0.2) is 11.3 Å². The van der Waals surface area contributed by atoms with Crippen LogP contribution in [0.5, 0.6) is 0 Å². The van der Waals surface area contributed by atoms with E-state index in [0.29, 0.717) is 16.6 Å². The van der Waals surface area contributed by atoms with Crippen LogP contribution < -0.4 is 10.2 Å². The van der Waals surface area contributed by atoms with Crippen molar-refractivity contribution in [2.75, 3.05) is 26.2 Å². The van der Waals surface area contributed by atoms with Crippen molar-refractivity contribution in [3.8, 4) is 11.3 Å². The summed E-state index contributed by atoms with van der Waals surface area (Å²) in [5, 5.41) is 6.59. The van der Waals surface area contributed by atoms with Crippen molar-refractivity contribution in [1.29, 1.82) is 0 Å². The lowest BCUT2D eigenvalue weighted by Gasteiger charge is -2.15. The average molecular weight is 434 g/mol. The molecule has 0 saturated heterocycles. The molecule has 0 bridgehead atoms. The number of amides is 1. The maximum Gasteiger partial charge on any atom is 0.433 e. The third-order valence-electron chi connectivity index (χ3n) is 5.35. The standard InChI is InChI=1S/C22H26F3N5O/c1-4-29(5-2)12-6-11-26-21(31)17-14-27-30-19(22(23,24)25)13-18(28-20(17)30)16-9-7-15(3)8-10-16/h7-10,13-14H,4-6,11-12H2,1-3H3,(H,26,31)/p+1. The summed E-state index contributed by atoms with van der Waals surface area (Å²) in [4.78, 5) is 18.4. The highest BCUT2D eigenvalue weighted by molar-refractivity contribution is 5.99. The number of aromatic nitrogens is 3. The third-order valence-corrected chi connectivity index (χ3v) is 5.35. The van der Waals surface area contributed by atoms with Crippen molar-refractivity contribution >= 4 is 11.6 Å². The van der Waals surface area contributed by atoms with Crippen LogP contribution in [0.15, 0.2) is 36.5 Å². The number of nitrogens with one attached hydrogen (secondary N) is 2. The van der Waals surface area contributed by atoms with Crippen LogP contribution in [0, 0.1) is 6.92 Å². The molecule has 0 spiro atoms. The number of alkyl halides is 3. The van der Waals surface area contributed by atoms with Crippen LogP contribution >= 0.6 is 0 Å². The van der Waals surface area contributed by atoms with Crippen LogP contribution in [0.1, 0.15) is 41.9 Å². The SMILES string of the molecule is CC[NH+](CC)CCCNC(=O)c1cnn2c(C(F)(F)F)cc(-c3ccc(C)cc3)nc12. The van der Waals surface area contributed by atoms with E-state index in [2.05, 4.69) is 29.2 Å². The molecule has 1 amide bonds. The zero-order valence-electron chi connectivity index (χ0n) is 17.9. The molecule has 3 rings (SSSR count). The van der Waals surface area contributed by atoms with Gasteiger partial charge in [0, 0.05) is 18.5 Å². The minimum atomic E-state index is -4.65. The summed E-state index contributed by atoms with van der Waals surface area (Å²) in [7, 11) is 0. The monoisotopic (exact) mass is 434 g/mol. The van der Waals surface area contributed by atoms with Gasteiger partial charge < -0.3 is 10.2 Å². The number of nitrogens with zero attached hydrogens (tertiary/aromatic N) is 3. The number of carbonyl (C=O) groups is 1. The van der Waals surface area contributed by atoms with Crippen LogP contribution in [0.25, 0.3) is 16.9 Å². The van der Waals surface area contributed by atoms with Gasteiger partial charge in [-0.2, -0.15) is 18.3 Å². The molecular formula is C22H27F3N5O+. The van der Waals surface area contributed by atoms with Gasteiger partial charge in [-0.05, 0) is 26.8 Å². The summed E-state index contributed by atoms with van der Waals surface area (Å²) in [5.41, 5.74) is 0.592. The average Bonchev–Trinajstić information content (AvgIpc) is 3.17. The topological polar surface area (TPSA) is 63.7 Å². The van der Waals surface area contributed by atoms with Crippen molar-refractivity contribution in [3.63, 3.8) is 0 Å². The molecule has 1 aromatic carbocycles. The van der Waals surface area contributed by atoms with E-state index in [4.69, 9.17) is 0 Å². The molecule has 3 aromatic rings. The lowest BCUT2D eigenvalue weighted by molar-refractivity contribution is -0.896. The molecule has 0 aliphatic rings. The Balaban J connectivity index is 1.91. The fourth-order valence-electron chi connectivity index (χ4n) is 3.44. The van der Waals surface area contributed by atoms with E-state index in [1.54, 1.807) is 24.3 Å². The second-order valence-electron chi connectivity index (χ2n) is 7.50. The molecule has 2 N–H and O–H groups in total. The van der Waals surface area contributed by atoms with Crippen molar-refractivity contribution in [2.24, 2.45) is 0 Å². The first kappa shape index (κ1) is 22.7. The number of rotatable bonds is 8. The van der Waals surface area contributed by atoms with Crippen molar-refractivity contribution < 1.29 is 22.9 Å². The Morgan fingerprint density at radius 2 is 1.84 bits per heavy atom. The smallest absolute Gasteiger partial charge is 0.352 e. The predicted molar refractivity (Wildman–Crippen MR) is 112 cm³/mol. The van der Waals surface area contributed by atoms with Gasteiger partial charge in [0.05, 0.1) is 31.5 Å². The number of carbonyl (C=O) groups excluding carboxylic acids is 1. The Bertz CT molecular complexity index is 1040. The van der Waals surface area contributed by atoms with E-state index >= 15 is 0 Å². The minimum absolute atomic E-state index is 0.0228. The fraction of sp³-hybridized carbons (Fsp3) is 0.409. The number of quaternary nitrogens is 1. The molecule has 166 valence electrons. The second kappa shape index (κ2) is 9.47. The maximum absolute atomic E-state index is 13.7. The number of halogens is 3. The summed E-state index contributed by atoms with van der Waals surface area (Å²) in [6.07, 6.45) is -2.73. The van der Waals surface area contributed by atoms with Crippen LogP contribution in [-0.2, 0) is 6.18 Å². The molecular weight excluding hydrogens is 407 g/mol. The Morgan fingerprint density at radius 3 is 2.45 bits per heavy atom. The molecule has 0 aliphatic carbocycles. The van der Waals surface area contributed by atoms with E-state index in [0.717, 1.165) is 43.9 Å². The van der Waals surface area contributed by atoms with Gasteiger partial charge >= 0.3 is 6.18 Å². The molecule has 6 nitrogen and oxygen atoms in total. The quantitative estimate of drug-likeness (QED) is 0.536. The normalized spacial score (nSPS) is 12.0. The van der Waals surface area contributed by atoms with Gasteiger partial charge in [-0.25, -0.2) is 9.50 Å². The first-order valence-corrected chi connectivity index (χ1v) is 10.4. The molecule has 0 atom stereocenters. The first-order chi connectivity index (χ1) is 14.7. The van der Waals surface area contributed by atoms with Gasteiger partial charge in [0.1, 0.15) is 5.56 Å². The van der Waals surface area contributed by atoms with E-state index in [-0.39, 0.29) is 16.9 Å². The zero-order chi connectivity index (χ0) is 22.6. The fourth-order valence-corrected chi connectivity index (χ4v) is 3.44. The summed E-state index contributed by atoms with van der Waals surface area (Å²) >= 11 is 0. The molecule has 0 radical (unpaired) electrons. The number of hydrogen-bond acceptors (Lipinski definition) is 3. The molecule has 2 aromatic heterocycles. The van der Waals surface area contributed by atoms with Crippen molar-refractivity contribution in [1.82, 2.24) is 19.9 Å². The van der Waals surface area contributed by atoms with Gasteiger partial charge in [-0.1, -0.05) is 29.8 Å². The number of aryl methyl sites for hydroxylation is 1. The Hall–Kier alpha value is -2.94. The minimum Gasteiger partial charge on any atom is -0.352 e. The molecule has 0 aliphatic heterocycles. The molecule has 0 fully saturated rings. The molecule has 0 unspecified atom stereocenters.